The summed E-state index contributed by atoms with van der Waals surface area (Å²) in [5, 5.41) is 19.2. The predicted octanol–water partition coefficient (Wildman–Crippen LogP) is 4.03. The lowest BCUT2D eigenvalue weighted by molar-refractivity contribution is 0.130. The molecule has 4 aromatic rings. The minimum atomic E-state index is -0.795. The summed E-state index contributed by atoms with van der Waals surface area (Å²) in [6.45, 7) is 2.98. The van der Waals surface area contributed by atoms with Crippen molar-refractivity contribution in [2.45, 2.75) is 26.1 Å². The molecule has 1 unspecified atom stereocenters. The maximum atomic E-state index is 10.5. The van der Waals surface area contributed by atoms with E-state index in [1.165, 1.54) is 11.1 Å². The Labute approximate surface area is 163 Å². The number of para-hydroxylation sites is 2. The van der Waals surface area contributed by atoms with Crippen molar-refractivity contribution in [1.29, 1.82) is 5.41 Å². The van der Waals surface area contributed by atoms with Crippen LogP contribution in [0.3, 0.4) is 0 Å². The summed E-state index contributed by atoms with van der Waals surface area (Å²) in [5.74, 6) is 0.507. The Kier molecular flexibility index (Phi) is 5.54. The van der Waals surface area contributed by atoms with Crippen LogP contribution in [0, 0.1) is 12.3 Å². The van der Waals surface area contributed by atoms with Crippen molar-refractivity contribution in [2.75, 3.05) is 0 Å². The van der Waals surface area contributed by atoms with Crippen LogP contribution in [0.25, 0.3) is 11.0 Å². The number of aliphatic hydroxyl groups is 1. The highest BCUT2D eigenvalue weighted by atomic mass is 35.5. The second-order valence-electron chi connectivity index (χ2n) is 6.47. The Balaban J connectivity index is 0.00000210. The number of aryl methyl sites for hydroxylation is 1. The van der Waals surface area contributed by atoms with Gasteiger partial charge in [-0.15, -0.1) is 12.4 Å². The van der Waals surface area contributed by atoms with Crippen molar-refractivity contribution in [3.63, 3.8) is 0 Å². The Hall–Kier alpha value is -2.76. The van der Waals surface area contributed by atoms with Crippen LogP contribution in [-0.4, -0.2) is 14.2 Å². The maximum absolute atomic E-state index is 10.5. The summed E-state index contributed by atoms with van der Waals surface area (Å²) < 4.78 is 9.12. The standard InChI is InChI=1S/C21H21N3O2.ClH/c1-15-7-2-3-8-16(15)13-23-17-9-4-5-10-18(17)24(21(23)22)14-19(25)20-11-6-12-26-20;/h2-12,19,22,25H,13-14H2,1H3;1H. The summed E-state index contributed by atoms with van der Waals surface area (Å²) in [7, 11) is 0. The average Bonchev–Trinajstić information content (AvgIpc) is 3.27. The number of aromatic nitrogens is 2. The Morgan fingerprint density at radius 1 is 0.963 bits per heavy atom. The van der Waals surface area contributed by atoms with Crippen molar-refractivity contribution >= 4 is 23.4 Å². The highest BCUT2D eigenvalue weighted by Crippen LogP contribution is 2.20. The number of nitrogens with one attached hydrogen (secondary N) is 1. The van der Waals surface area contributed by atoms with E-state index in [1.807, 2.05) is 45.5 Å². The summed E-state index contributed by atoms with van der Waals surface area (Å²) in [5.41, 5.74) is 4.65. The van der Waals surface area contributed by atoms with E-state index < -0.39 is 6.10 Å². The van der Waals surface area contributed by atoms with Gasteiger partial charge >= 0.3 is 0 Å². The molecule has 0 amide bonds. The normalized spacial score (nSPS) is 12.1. The van der Waals surface area contributed by atoms with Crippen molar-refractivity contribution in [2.24, 2.45) is 0 Å². The van der Waals surface area contributed by atoms with Gasteiger partial charge in [0.25, 0.3) is 0 Å². The zero-order valence-corrected chi connectivity index (χ0v) is 15.8. The number of halogens is 1. The van der Waals surface area contributed by atoms with Crippen molar-refractivity contribution in [3.8, 4) is 0 Å². The molecule has 27 heavy (non-hydrogen) atoms. The molecule has 0 bridgehead atoms. The molecule has 0 aliphatic heterocycles. The molecule has 2 N–H and O–H groups in total. The summed E-state index contributed by atoms with van der Waals surface area (Å²) in [4.78, 5) is 0. The second-order valence-corrected chi connectivity index (χ2v) is 6.47. The van der Waals surface area contributed by atoms with E-state index in [1.54, 1.807) is 18.4 Å². The monoisotopic (exact) mass is 383 g/mol. The van der Waals surface area contributed by atoms with Gasteiger partial charge in [0.2, 0.25) is 5.62 Å². The molecule has 0 spiro atoms. The molecule has 6 heteroatoms. The van der Waals surface area contributed by atoms with Crippen molar-refractivity contribution < 1.29 is 9.52 Å². The number of aliphatic hydroxyl groups excluding tert-OH is 1. The molecule has 0 fully saturated rings. The Morgan fingerprint density at radius 3 is 2.30 bits per heavy atom. The van der Waals surface area contributed by atoms with E-state index in [0.29, 0.717) is 17.9 Å². The van der Waals surface area contributed by atoms with Gasteiger partial charge in [-0.1, -0.05) is 36.4 Å². The first kappa shape index (κ1) is 19.0. The van der Waals surface area contributed by atoms with E-state index in [0.717, 1.165) is 11.0 Å². The molecule has 5 nitrogen and oxygen atoms in total. The molecule has 1 atom stereocenters. The fourth-order valence-electron chi connectivity index (χ4n) is 3.34. The van der Waals surface area contributed by atoms with Gasteiger partial charge in [0, 0.05) is 0 Å². The molecule has 2 aromatic carbocycles. The number of furan rings is 1. The lowest BCUT2D eigenvalue weighted by atomic mass is 10.1. The third kappa shape index (κ3) is 3.56. The van der Waals surface area contributed by atoms with Gasteiger partial charge in [0.05, 0.1) is 30.4 Å². The fourth-order valence-corrected chi connectivity index (χ4v) is 3.34. The lowest BCUT2D eigenvalue weighted by Gasteiger charge is -2.10. The van der Waals surface area contributed by atoms with E-state index in [-0.39, 0.29) is 19.0 Å². The van der Waals surface area contributed by atoms with Gasteiger partial charge in [-0.05, 0) is 42.3 Å². The first-order valence-electron chi connectivity index (χ1n) is 8.64. The molecular formula is C21H22ClN3O2. The average molecular weight is 384 g/mol. The van der Waals surface area contributed by atoms with Gasteiger partial charge in [0.15, 0.2) is 0 Å². The zero-order valence-electron chi connectivity index (χ0n) is 15.0. The van der Waals surface area contributed by atoms with Crippen molar-refractivity contribution in [3.05, 3.63) is 89.4 Å². The van der Waals surface area contributed by atoms with Crippen LogP contribution in [0.5, 0.6) is 0 Å². The molecule has 0 aliphatic rings. The van der Waals surface area contributed by atoms with E-state index in [9.17, 15) is 5.11 Å². The quantitative estimate of drug-likeness (QED) is 0.546. The first-order chi connectivity index (χ1) is 12.6. The van der Waals surface area contributed by atoms with Gasteiger partial charge < -0.3 is 18.7 Å². The minimum absolute atomic E-state index is 0. The van der Waals surface area contributed by atoms with E-state index in [2.05, 4.69) is 19.1 Å². The molecular weight excluding hydrogens is 362 g/mol. The predicted molar refractivity (Wildman–Crippen MR) is 107 cm³/mol. The number of hydrogen-bond acceptors (Lipinski definition) is 3. The second kappa shape index (κ2) is 7.86. The summed E-state index contributed by atoms with van der Waals surface area (Å²) >= 11 is 0. The highest BCUT2D eigenvalue weighted by Gasteiger charge is 2.17. The Morgan fingerprint density at radius 2 is 1.63 bits per heavy atom. The van der Waals surface area contributed by atoms with Crippen LogP contribution < -0.4 is 5.62 Å². The van der Waals surface area contributed by atoms with Gasteiger partial charge in [0.1, 0.15) is 11.9 Å². The lowest BCUT2D eigenvalue weighted by Crippen LogP contribution is -2.27. The molecule has 2 aromatic heterocycles. The number of nitrogens with zero attached hydrogens (tertiary/aromatic N) is 2. The van der Waals surface area contributed by atoms with Crippen molar-refractivity contribution in [1.82, 2.24) is 9.13 Å². The third-order valence-electron chi connectivity index (χ3n) is 4.79. The minimum Gasteiger partial charge on any atom is -0.467 e. The Bertz CT molecular complexity index is 1100. The number of benzene rings is 2. The van der Waals surface area contributed by atoms with Crippen LogP contribution in [0.2, 0.25) is 0 Å². The molecule has 140 valence electrons. The van der Waals surface area contributed by atoms with Crippen LogP contribution in [0.1, 0.15) is 23.0 Å². The summed E-state index contributed by atoms with van der Waals surface area (Å²) in [6.07, 6.45) is 0.753. The van der Waals surface area contributed by atoms with Crippen LogP contribution in [0.15, 0.2) is 71.3 Å². The topological polar surface area (TPSA) is 67.1 Å². The summed E-state index contributed by atoms with van der Waals surface area (Å²) in [6, 6.07) is 19.6. The smallest absolute Gasteiger partial charge is 0.203 e. The molecule has 0 saturated heterocycles. The van der Waals surface area contributed by atoms with E-state index >= 15 is 0 Å². The van der Waals surface area contributed by atoms with Crippen LogP contribution >= 0.6 is 12.4 Å². The highest BCUT2D eigenvalue weighted by molar-refractivity contribution is 5.85. The first-order valence-corrected chi connectivity index (χ1v) is 8.64. The maximum Gasteiger partial charge on any atom is 0.203 e. The largest absolute Gasteiger partial charge is 0.467 e. The fraction of sp³-hybridized carbons (Fsp3) is 0.190. The third-order valence-corrected chi connectivity index (χ3v) is 4.79. The zero-order chi connectivity index (χ0) is 18.1. The molecule has 2 heterocycles. The molecule has 0 aliphatic carbocycles. The SMILES string of the molecule is Cc1ccccc1Cn1c(=N)n(CC(O)c2ccco2)c2ccccc21.Cl. The molecule has 4 rings (SSSR count). The van der Waals surface area contributed by atoms with Crippen LogP contribution in [-0.2, 0) is 13.1 Å². The number of rotatable bonds is 5. The number of imidazole rings is 1. The van der Waals surface area contributed by atoms with Gasteiger partial charge in [-0.2, -0.15) is 0 Å². The number of hydrogen-bond donors (Lipinski definition) is 2. The molecule has 0 radical (unpaired) electrons. The van der Waals surface area contributed by atoms with Gasteiger partial charge in [-0.25, -0.2) is 0 Å². The van der Waals surface area contributed by atoms with Gasteiger partial charge in [-0.3, -0.25) is 5.41 Å². The number of fused-ring (bicyclic) bond motifs is 1. The van der Waals surface area contributed by atoms with E-state index in [4.69, 9.17) is 9.83 Å². The van der Waals surface area contributed by atoms with Crippen LogP contribution in [0.4, 0.5) is 0 Å². The molecule has 0 saturated carbocycles.